The smallest absolute Gasteiger partial charge is 0.408 e. The van der Waals surface area contributed by atoms with Crippen molar-refractivity contribution in [3.8, 4) is 5.75 Å². The van der Waals surface area contributed by atoms with Gasteiger partial charge in [0.2, 0.25) is 0 Å². The topological polar surface area (TPSA) is 47.6 Å². The Bertz CT molecular complexity index is 473. The molecule has 4 heteroatoms. The number of amides is 1. The number of ether oxygens (including phenoxy) is 2. The molecule has 0 radical (unpaired) electrons. The second-order valence-electron chi connectivity index (χ2n) is 5.91. The summed E-state index contributed by atoms with van der Waals surface area (Å²) in [6, 6.07) is 7.77. The third-order valence-electron chi connectivity index (χ3n) is 3.11. The lowest BCUT2D eigenvalue weighted by atomic mass is 10.0. The molecule has 0 bridgehead atoms. The number of nitrogens with one attached hydrogen (secondary N) is 1. The van der Waals surface area contributed by atoms with Gasteiger partial charge in [0.25, 0.3) is 0 Å². The van der Waals surface area contributed by atoms with Gasteiger partial charge in [-0.05, 0) is 39.7 Å². The molecule has 0 aromatic heterocycles. The van der Waals surface area contributed by atoms with Crippen LogP contribution >= 0.6 is 0 Å². The number of rotatable bonds is 3. The van der Waals surface area contributed by atoms with Crippen LogP contribution in [0.25, 0.3) is 0 Å². The largest absolute Gasteiger partial charge is 0.496 e. The van der Waals surface area contributed by atoms with Gasteiger partial charge in [-0.3, -0.25) is 0 Å². The van der Waals surface area contributed by atoms with Crippen LogP contribution in [0, 0.1) is 0 Å². The molecule has 1 aliphatic carbocycles. The maximum Gasteiger partial charge on any atom is 0.408 e. The van der Waals surface area contributed by atoms with E-state index in [0.717, 1.165) is 24.2 Å². The van der Waals surface area contributed by atoms with E-state index in [1.807, 2.05) is 45.0 Å². The van der Waals surface area contributed by atoms with Gasteiger partial charge in [0.15, 0.2) is 0 Å². The van der Waals surface area contributed by atoms with Crippen LogP contribution in [0.3, 0.4) is 0 Å². The van der Waals surface area contributed by atoms with Crippen LogP contribution in [0.15, 0.2) is 24.3 Å². The number of carbonyl (C=O) groups is 1. The maximum absolute atomic E-state index is 11.9. The van der Waals surface area contributed by atoms with Crippen molar-refractivity contribution in [2.75, 3.05) is 7.11 Å². The van der Waals surface area contributed by atoms with Gasteiger partial charge in [-0.15, -0.1) is 0 Å². The molecule has 104 valence electrons. The van der Waals surface area contributed by atoms with Crippen LogP contribution in [0.4, 0.5) is 4.79 Å². The Morgan fingerprint density at radius 3 is 2.42 bits per heavy atom. The van der Waals surface area contributed by atoms with E-state index >= 15 is 0 Å². The molecule has 4 nitrogen and oxygen atoms in total. The summed E-state index contributed by atoms with van der Waals surface area (Å²) >= 11 is 0. The first-order valence-electron chi connectivity index (χ1n) is 6.51. The van der Waals surface area contributed by atoms with Gasteiger partial charge in [-0.2, -0.15) is 0 Å². The summed E-state index contributed by atoms with van der Waals surface area (Å²) < 4.78 is 10.7. The van der Waals surface area contributed by atoms with Crippen molar-refractivity contribution in [1.29, 1.82) is 0 Å². The molecule has 0 saturated heterocycles. The van der Waals surface area contributed by atoms with Gasteiger partial charge in [0.05, 0.1) is 12.6 Å². The van der Waals surface area contributed by atoms with Crippen molar-refractivity contribution < 1.29 is 14.3 Å². The first kappa shape index (κ1) is 13.7. The average Bonchev–Trinajstić information content (AvgIpc) is 3.07. The lowest BCUT2D eigenvalue weighted by Crippen LogP contribution is -2.39. The predicted octanol–water partition coefficient (Wildman–Crippen LogP) is 3.21. The van der Waals surface area contributed by atoms with Gasteiger partial charge in [0, 0.05) is 5.56 Å². The highest BCUT2D eigenvalue weighted by Gasteiger charge is 2.48. The van der Waals surface area contributed by atoms with E-state index in [0.29, 0.717) is 0 Å². The lowest BCUT2D eigenvalue weighted by Gasteiger charge is -2.24. The predicted molar refractivity (Wildman–Crippen MR) is 73.3 cm³/mol. The Morgan fingerprint density at radius 1 is 1.26 bits per heavy atom. The lowest BCUT2D eigenvalue weighted by molar-refractivity contribution is 0.0494. The molecule has 1 saturated carbocycles. The minimum atomic E-state index is -0.485. The van der Waals surface area contributed by atoms with Crippen LogP contribution in [0.5, 0.6) is 5.75 Å². The fourth-order valence-corrected chi connectivity index (χ4v) is 2.13. The molecular weight excluding hydrogens is 242 g/mol. The second kappa shape index (κ2) is 4.76. The highest BCUT2D eigenvalue weighted by Crippen LogP contribution is 2.48. The number of hydrogen-bond donors (Lipinski definition) is 1. The van der Waals surface area contributed by atoms with Gasteiger partial charge >= 0.3 is 6.09 Å². The minimum absolute atomic E-state index is 0.324. The Labute approximate surface area is 114 Å². The summed E-state index contributed by atoms with van der Waals surface area (Å²) in [6.45, 7) is 5.57. The highest BCUT2D eigenvalue weighted by molar-refractivity contribution is 5.70. The van der Waals surface area contributed by atoms with E-state index in [1.165, 1.54) is 0 Å². The quantitative estimate of drug-likeness (QED) is 0.911. The molecular formula is C15H21NO3. The summed E-state index contributed by atoms with van der Waals surface area (Å²) in [5.41, 5.74) is 0.207. The van der Waals surface area contributed by atoms with E-state index in [1.54, 1.807) is 7.11 Å². The second-order valence-corrected chi connectivity index (χ2v) is 5.91. The molecule has 1 aliphatic rings. The third kappa shape index (κ3) is 3.19. The molecule has 0 spiro atoms. The minimum Gasteiger partial charge on any atom is -0.496 e. The van der Waals surface area contributed by atoms with Crippen LogP contribution in [-0.4, -0.2) is 18.8 Å². The van der Waals surface area contributed by atoms with Crippen LogP contribution in [0.1, 0.15) is 39.2 Å². The summed E-state index contributed by atoms with van der Waals surface area (Å²) in [7, 11) is 1.64. The van der Waals surface area contributed by atoms with Gasteiger partial charge < -0.3 is 14.8 Å². The average molecular weight is 263 g/mol. The van der Waals surface area contributed by atoms with Crippen molar-refractivity contribution in [3.05, 3.63) is 29.8 Å². The zero-order valence-electron chi connectivity index (χ0n) is 11.9. The molecule has 1 amide bonds. The van der Waals surface area contributed by atoms with Gasteiger partial charge in [-0.25, -0.2) is 4.79 Å². The normalized spacial score (nSPS) is 16.6. The van der Waals surface area contributed by atoms with Crippen molar-refractivity contribution in [2.45, 2.75) is 44.8 Å². The highest BCUT2D eigenvalue weighted by atomic mass is 16.6. The first-order valence-corrected chi connectivity index (χ1v) is 6.51. The summed E-state index contributed by atoms with van der Waals surface area (Å²) in [5, 5.41) is 2.97. The van der Waals surface area contributed by atoms with Crippen LogP contribution < -0.4 is 10.1 Å². The molecule has 0 aliphatic heterocycles. The summed E-state index contributed by atoms with van der Waals surface area (Å²) in [5.74, 6) is 0.802. The molecule has 2 rings (SSSR count). The van der Waals surface area contributed by atoms with Gasteiger partial charge in [0.1, 0.15) is 11.4 Å². The molecule has 0 heterocycles. The molecule has 19 heavy (non-hydrogen) atoms. The number of hydrogen-bond acceptors (Lipinski definition) is 3. The molecule has 0 unspecified atom stereocenters. The van der Waals surface area contributed by atoms with E-state index in [-0.39, 0.29) is 11.6 Å². The standard InChI is InChI=1S/C15H21NO3/c1-14(2,3)19-13(17)16-15(9-10-15)11-7-5-6-8-12(11)18-4/h5-8H,9-10H2,1-4H3,(H,16,17). The van der Waals surface area contributed by atoms with Crippen molar-refractivity contribution in [1.82, 2.24) is 5.32 Å². The van der Waals surface area contributed by atoms with Crippen molar-refractivity contribution in [2.24, 2.45) is 0 Å². The Hall–Kier alpha value is -1.71. The fourth-order valence-electron chi connectivity index (χ4n) is 2.13. The maximum atomic E-state index is 11.9. The molecule has 0 atom stereocenters. The van der Waals surface area contributed by atoms with E-state index in [2.05, 4.69) is 5.32 Å². The molecule has 1 fully saturated rings. The van der Waals surface area contributed by atoms with Gasteiger partial charge in [-0.1, -0.05) is 18.2 Å². The third-order valence-corrected chi connectivity index (χ3v) is 3.11. The number of benzene rings is 1. The number of carbonyl (C=O) groups excluding carboxylic acids is 1. The van der Waals surface area contributed by atoms with Crippen molar-refractivity contribution in [3.63, 3.8) is 0 Å². The summed E-state index contributed by atoms with van der Waals surface area (Å²) in [4.78, 5) is 11.9. The van der Waals surface area contributed by atoms with E-state index in [9.17, 15) is 4.79 Å². The molecule has 1 N–H and O–H groups in total. The number of alkyl carbamates (subject to hydrolysis) is 1. The SMILES string of the molecule is COc1ccccc1C1(NC(=O)OC(C)(C)C)CC1. The van der Waals surface area contributed by atoms with Crippen LogP contribution in [-0.2, 0) is 10.3 Å². The number of methoxy groups -OCH3 is 1. The zero-order valence-corrected chi connectivity index (χ0v) is 11.9. The monoisotopic (exact) mass is 263 g/mol. The Kier molecular flexibility index (Phi) is 3.43. The van der Waals surface area contributed by atoms with E-state index < -0.39 is 5.60 Å². The fraction of sp³-hybridized carbons (Fsp3) is 0.533. The first-order chi connectivity index (χ1) is 8.86. The number of para-hydroxylation sites is 1. The summed E-state index contributed by atoms with van der Waals surface area (Å²) in [6.07, 6.45) is 1.44. The van der Waals surface area contributed by atoms with Crippen LogP contribution in [0.2, 0.25) is 0 Å². The van der Waals surface area contributed by atoms with Crippen molar-refractivity contribution >= 4 is 6.09 Å². The molecule has 1 aromatic rings. The molecule has 1 aromatic carbocycles. The zero-order chi connectivity index (χ0) is 14.1. The van der Waals surface area contributed by atoms with E-state index in [4.69, 9.17) is 9.47 Å². The Morgan fingerprint density at radius 2 is 1.89 bits per heavy atom. The Balaban J connectivity index is 2.13.